The molecule has 0 radical (unpaired) electrons. The second kappa shape index (κ2) is 7.97. The molecule has 0 aliphatic carbocycles. The highest BCUT2D eigenvalue weighted by atomic mass is 16.5. The summed E-state index contributed by atoms with van der Waals surface area (Å²) < 4.78 is 5.29. The van der Waals surface area contributed by atoms with E-state index < -0.39 is 0 Å². The molecule has 0 aliphatic heterocycles. The van der Waals surface area contributed by atoms with Crippen molar-refractivity contribution in [2.45, 2.75) is 26.7 Å². The fraction of sp³-hybridized carbons (Fsp3) is 0.667. The van der Waals surface area contributed by atoms with E-state index in [0.717, 1.165) is 43.3 Å². The first-order chi connectivity index (χ1) is 8.26. The second-order valence-corrected chi connectivity index (χ2v) is 3.83. The van der Waals surface area contributed by atoms with Crippen molar-refractivity contribution in [3.8, 4) is 0 Å². The summed E-state index contributed by atoms with van der Waals surface area (Å²) in [5.74, 6) is 1.71. The van der Waals surface area contributed by atoms with Gasteiger partial charge in [-0.3, -0.25) is 0 Å². The molecule has 0 spiro atoms. The van der Waals surface area contributed by atoms with Gasteiger partial charge in [-0.15, -0.1) is 0 Å². The second-order valence-electron chi connectivity index (χ2n) is 3.83. The zero-order valence-electron chi connectivity index (χ0n) is 10.7. The Hall–Kier alpha value is -1.20. The van der Waals surface area contributed by atoms with Gasteiger partial charge in [-0.25, -0.2) is 9.97 Å². The summed E-state index contributed by atoms with van der Waals surface area (Å²) in [4.78, 5) is 8.66. The lowest BCUT2D eigenvalue weighted by Crippen LogP contribution is -2.12. The van der Waals surface area contributed by atoms with Crippen LogP contribution in [-0.4, -0.2) is 36.3 Å². The number of ether oxygens (including phenoxy) is 1. The summed E-state index contributed by atoms with van der Waals surface area (Å²) in [7, 11) is 0. The van der Waals surface area contributed by atoms with E-state index in [4.69, 9.17) is 10.5 Å². The van der Waals surface area contributed by atoms with Crippen LogP contribution in [0.25, 0.3) is 0 Å². The van der Waals surface area contributed by atoms with Gasteiger partial charge in [0.15, 0.2) is 0 Å². The molecule has 96 valence electrons. The molecule has 0 aromatic carbocycles. The predicted octanol–water partition coefficient (Wildman–Crippen LogP) is 1.12. The molecule has 17 heavy (non-hydrogen) atoms. The Bertz CT molecular complexity index is 330. The molecule has 5 heteroatoms. The maximum atomic E-state index is 5.33. The van der Waals surface area contributed by atoms with Crippen LogP contribution in [0.4, 0.5) is 5.82 Å². The molecule has 0 atom stereocenters. The van der Waals surface area contributed by atoms with E-state index in [1.54, 1.807) is 0 Å². The van der Waals surface area contributed by atoms with Crippen LogP contribution in [0.3, 0.4) is 0 Å². The van der Waals surface area contributed by atoms with Gasteiger partial charge in [0, 0.05) is 31.5 Å². The van der Waals surface area contributed by atoms with Crippen molar-refractivity contribution in [1.29, 1.82) is 0 Å². The van der Waals surface area contributed by atoms with Crippen molar-refractivity contribution >= 4 is 5.82 Å². The molecule has 1 rings (SSSR count). The van der Waals surface area contributed by atoms with Gasteiger partial charge in [0.05, 0.1) is 6.61 Å². The third kappa shape index (κ3) is 5.60. The number of hydrogen-bond donors (Lipinski definition) is 2. The lowest BCUT2D eigenvalue weighted by atomic mass is 10.3. The Morgan fingerprint density at radius 1 is 1.35 bits per heavy atom. The first kappa shape index (κ1) is 13.9. The average Bonchev–Trinajstić information content (AvgIpc) is 2.33. The molecule has 5 nitrogen and oxygen atoms in total. The third-order valence-corrected chi connectivity index (χ3v) is 2.29. The molecule has 0 aliphatic rings. The molecule has 0 saturated heterocycles. The van der Waals surface area contributed by atoms with Gasteiger partial charge in [-0.05, 0) is 19.8 Å². The SMILES string of the molecule is CCc1cc(NCCCOCCN)nc(C)n1. The minimum atomic E-state index is 0.582. The van der Waals surface area contributed by atoms with E-state index in [1.165, 1.54) is 0 Å². The molecule has 0 bridgehead atoms. The van der Waals surface area contributed by atoms with Crippen molar-refractivity contribution in [1.82, 2.24) is 9.97 Å². The van der Waals surface area contributed by atoms with Gasteiger partial charge in [0.1, 0.15) is 11.6 Å². The van der Waals surface area contributed by atoms with E-state index in [0.29, 0.717) is 13.2 Å². The number of anilines is 1. The van der Waals surface area contributed by atoms with Gasteiger partial charge in [-0.1, -0.05) is 6.92 Å². The van der Waals surface area contributed by atoms with E-state index in [-0.39, 0.29) is 0 Å². The normalized spacial score (nSPS) is 10.5. The summed E-state index contributed by atoms with van der Waals surface area (Å²) in [6.07, 6.45) is 1.88. The summed E-state index contributed by atoms with van der Waals surface area (Å²) in [5, 5.41) is 3.27. The number of nitrogens with zero attached hydrogens (tertiary/aromatic N) is 2. The first-order valence-corrected chi connectivity index (χ1v) is 6.12. The molecule has 0 saturated carbocycles. The monoisotopic (exact) mass is 238 g/mol. The zero-order valence-corrected chi connectivity index (χ0v) is 10.7. The van der Waals surface area contributed by atoms with Crippen LogP contribution >= 0.6 is 0 Å². The maximum absolute atomic E-state index is 5.33. The molecular formula is C12H22N4O. The number of hydrogen-bond acceptors (Lipinski definition) is 5. The van der Waals surface area contributed by atoms with Crippen molar-refractivity contribution in [3.63, 3.8) is 0 Å². The highest BCUT2D eigenvalue weighted by molar-refractivity contribution is 5.35. The van der Waals surface area contributed by atoms with Gasteiger partial charge in [-0.2, -0.15) is 0 Å². The lowest BCUT2D eigenvalue weighted by Gasteiger charge is -2.08. The predicted molar refractivity (Wildman–Crippen MR) is 69.1 cm³/mol. The largest absolute Gasteiger partial charge is 0.380 e. The quantitative estimate of drug-likeness (QED) is 0.664. The van der Waals surface area contributed by atoms with Crippen LogP contribution < -0.4 is 11.1 Å². The number of nitrogens with two attached hydrogens (primary N) is 1. The summed E-state index contributed by atoms with van der Waals surface area (Å²) >= 11 is 0. The van der Waals surface area contributed by atoms with Crippen LogP contribution in [0.5, 0.6) is 0 Å². The highest BCUT2D eigenvalue weighted by Gasteiger charge is 1.99. The maximum Gasteiger partial charge on any atom is 0.129 e. The molecule has 1 heterocycles. The number of rotatable bonds is 8. The first-order valence-electron chi connectivity index (χ1n) is 6.12. The van der Waals surface area contributed by atoms with E-state index >= 15 is 0 Å². The Kier molecular flexibility index (Phi) is 6.50. The molecule has 3 N–H and O–H groups in total. The zero-order chi connectivity index (χ0) is 12.5. The minimum absolute atomic E-state index is 0.582. The molecule has 0 amide bonds. The van der Waals surface area contributed by atoms with Crippen LogP contribution in [0.1, 0.15) is 24.9 Å². The Morgan fingerprint density at radius 2 is 2.18 bits per heavy atom. The Balaban J connectivity index is 2.28. The molecule has 0 fully saturated rings. The summed E-state index contributed by atoms with van der Waals surface area (Å²) in [5.41, 5.74) is 6.39. The molecule has 1 aromatic heterocycles. The number of aromatic nitrogens is 2. The molecular weight excluding hydrogens is 216 g/mol. The Labute approximate surface area is 103 Å². The smallest absolute Gasteiger partial charge is 0.129 e. The van der Waals surface area contributed by atoms with Crippen LogP contribution in [0, 0.1) is 6.92 Å². The van der Waals surface area contributed by atoms with Crippen molar-refractivity contribution in [2.75, 3.05) is 31.6 Å². The van der Waals surface area contributed by atoms with Crippen molar-refractivity contribution < 1.29 is 4.74 Å². The van der Waals surface area contributed by atoms with E-state index in [2.05, 4.69) is 22.2 Å². The third-order valence-electron chi connectivity index (χ3n) is 2.29. The fourth-order valence-corrected chi connectivity index (χ4v) is 1.48. The summed E-state index contributed by atoms with van der Waals surface area (Å²) in [6, 6.07) is 1.99. The minimum Gasteiger partial charge on any atom is -0.380 e. The van der Waals surface area contributed by atoms with E-state index in [1.807, 2.05) is 13.0 Å². The molecule has 0 unspecified atom stereocenters. The number of aryl methyl sites for hydroxylation is 2. The van der Waals surface area contributed by atoms with Crippen LogP contribution in [-0.2, 0) is 11.2 Å². The van der Waals surface area contributed by atoms with Crippen LogP contribution in [0.15, 0.2) is 6.07 Å². The standard InChI is InChI=1S/C12H22N4O/c1-3-11-9-12(16-10(2)15-11)14-6-4-7-17-8-5-13/h9H,3-8,13H2,1-2H3,(H,14,15,16). The van der Waals surface area contributed by atoms with Crippen molar-refractivity contribution in [2.24, 2.45) is 5.73 Å². The van der Waals surface area contributed by atoms with Gasteiger partial charge in [0.2, 0.25) is 0 Å². The average molecular weight is 238 g/mol. The van der Waals surface area contributed by atoms with E-state index in [9.17, 15) is 0 Å². The Morgan fingerprint density at radius 3 is 2.88 bits per heavy atom. The van der Waals surface area contributed by atoms with Crippen molar-refractivity contribution in [3.05, 3.63) is 17.6 Å². The molecule has 1 aromatic rings. The number of nitrogens with one attached hydrogen (secondary N) is 1. The van der Waals surface area contributed by atoms with Gasteiger partial charge in [0.25, 0.3) is 0 Å². The highest BCUT2D eigenvalue weighted by Crippen LogP contribution is 2.06. The van der Waals surface area contributed by atoms with Crippen LogP contribution in [0.2, 0.25) is 0 Å². The lowest BCUT2D eigenvalue weighted by molar-refractivity contribution is 0.141. The van der Waals surface area contributed by atoms with Gasteiger partial charge < -0.3 is 15.8 Å². The summed E-state index contributed by atoms with van der Waals surface area (Å²) in [6.45, 7) is 6.80. The van der Waals surface area contributed by atoms with Gasteiger partial charge >= 0.3 is 0 Å². The topological polar surface area (TPSA) is 73.1 Å². The fourth-order valence-electron chi connectivity index (χ4n) is 1.48.